The van der Waals surface area contributed by atoms with Crippen molar-refractivity contribution in [3.05, 3.63) is 17.5 Å². The number of fused-ring (bicyclic) bond motifs is 6. The number of hydrogen-bond acceptors (Lipinski definition) is 2. The van der Waals surface area contributed by atoms with Crippen LogP contribution in [0, 0.1) is 34.5 Å². The summed E-state index contributed by atoms with van der Waals surface area (Å²) in [5.74, 6) is 2.22. The Balaban J connectivity index is 1.49. The summed E-state index contributed by atoms with van der Waals surface area (Å²) in [7, 11) is 0. The summed E-state index contributed by atoms with van der Waals surface area (Å²) >= 11 is 0. The molecule has 3 fully saturated rings. The zero-order valence-corrected chi connectivity index (χ0v) is 14.9. The van der Waals surface area contributed by atoms with Crippen LogP contribution in [0.2, 0.25) is 0 Å². The summed E-state index contributed by atoms with van der Waals surface area (Å²) in [6, 6.07) is 0. The second kappa shape index (κ2) is 4.66. The molecule has 0 saturated heterocycles. The van der Waals surface area contributed by atoms with Crippen LogP contribution in [0.25, 0.3) is 0 Å². The minimum Gasteiger partial charge on any atom is -0.390 e. The van der Waals surface area contributed by atoms with E-state index in [1.165, 1.54) is 24.1 Å². The summed E-state index contributed by atoms with van der Waals surface area (Å²) in [4.78, 5) is 0. The molecule has 4 aliphatic rings. The van der Waals surface area contributed by atoms with Crippen LogP contribution in [0.1, 0.15) is 74.6 Å². The van der Waals surface area contributed by atoms with Crippen molar-refractivity contribution >= 4 is 0 Å². The molecular formula is C21H32N2O. The fraction of sp³-hybridized carbons (Fsp3) is 0.857. The van der Waals surface area contributed by atoms with Crippen LogP contribution in [-0.2, 0) is 12.8 Å². The molecule has 1 heterocycles. The minimum atomic E-state index is -2.29. The number of nitrogens with one attached hydrogen (secondary N) is 1. The molecule has 0 bridgehead atoms. The average molecular weight is 333 g/mol. The standard InChI is InChI=1S/C21H32N2O/c1-19-11-13-12-22-23-18(13)10-14(19)4-5-15-16(19)6-8-20(2)17(15)7-9-21(20,3)24/h12,14-17,24H,4-11H2,1-3H3,(H,22,23)/t14-,15+,16-,17-,19-,20-,21-/m0/s1/i3+1D3. The van der Waals surface area contributed by atoms with Crippen molar-refractivity contribution in [3.63, 3.8) is 0 Å². The number of nitrogens with zero attached hydrogens (tertiary/aromatic N) is 1. The first-order valence-electron chi connectivity index (χ1n) is 11.3. The predicted molar refractivity (Wildman–Crippen MR) is 94.5 cm³/mol. The molecule has 0 aliphatic heterocycles. The maximum Gasteiger partial charge on any atom is 0.0675 e. The van der Waals surface area contributed by atoms with E-state index in [9.17, 15) is 5.11 Å². The topological polar surface area (TPSA) is 48.9 Å². The number of aromatic amines is 1. The molecule has 1 aromatic heterocycles. The zero-order chi connectivity index (χ0) is 19.2. The van der Waals surface area contributed by atoms with E-state index in [2.05, 4.69) is 24.0 Å². The van der Waals surface area contributed by atoms with Gasteiger partial charge >= 0.3 is 0 Å². The van der Waals surface area contributed by atoms with Crippen LogP contribution in [0.4, 0.5) is 0 Å². The SMILES string of the molecule is [2H][13C]([2H])([2H])[C@]1(O)CC[C@H]2[C@@H]3CC[C@H]4Cc5[nH]ncc5C[C@]4(C)[C@H]3CC[C@@]21C. The van der Waals surface area contributed by atoms with Crippen LogP contribution in [0.3, 0.4) is 0 Å². The predicted octanol–water partition coefficient (Wildman–Crippen LogP) is 4.12. The summed E-state index contributed by atoms with van der Waals surface area (Å²) < 4.78 is 24.1. The van der Waals surface area contributed by atoms with Gasteiger partial charge in [-0.3, -0.25) is 5.10 Å². The molecule has 3 nitrogen and oxygen atoms in total. The largest absolute Gasteiger partial charge is 0.390 e. The van der Waals surface area contributed by atoms with E-state index in [1.54, 1.807) is 0 Å². The highest BCUT2D eigenvalue weighted by Gasteiger charge is 2.63. The van der Waals surface area contributed by atoms with Gasteiger partial charge < -0.3 is 5.11 Å². The second-order valence-electron chi connectivity index (χ2n) is 9.77. The number of H-pyrrole nitrogens is 1. The van der Waals surface area contributed by atoms with E-state index in [-0.39, 0.29) is 5.41 Å². The van der Waals surface area contributed by atoms with Gasteiger partial charge in [-0.15, -0.1) is 0 Å². The van der Waals surface area contributed by atoms with Crippen LogP contribution in [0.15, 0.2) is 6.20 Å². The van der Waals surface area contributed by atoms with Gasteiger partial charge in [0.15, 0.2) is 0 Å². The van der Waals surface area contributed by atoms with Crippen molar-refractivity contribution in [2.24, 2.45) is 34.5 Å². The maximum absolute atomic E-state index is 11.3. The molecule has 4 aliphatic carbocycles. The molecule has 0 amide bonds. The lowest BCUT2D eigenvalue weighted by Gasteiger charge is -2.60. The Kier molecular flexibility index (Phi) is 2.43. The summed E-state index contributed by atoms with van der Waals surface area (Å²) in [6.07, 6.45) is 9.81. The Hall–Kier alpha value is -0.830. The van der Waals surface area contributed by atoms with Crippen molar-refractivity contribution in [2.75, 3.05) is 0 Å². The molecule has 0 aromatic carbocycles. The van der Waals surface area contributed by atoms with Gasteiger partial charge in [0.1, 0.15) is 0 Å². The van der Waals surface area contributed by atoms with Crippen molar-refractivity contribution in [1.29, 1.82) is 0 Å². The molecule has 3 heteroatoms. The average Bonchev–Trinajstić information content (AvgIpc) is 3.14. The second-order valence-corrected chi connectivity index (χ2v) is 9.77. The van der Waals surface area contributed by atoms with E-state index >= 15 is 0 Å². The number of aromatic nitrogens is 2. The molecular weight excluding hydrogens is 297 g/mol. The first-order chi connectivity index (χ1) is 12.6. The molecule has 0 spiro atoms. The van der Waals surface area contributed by atoms with Gasteiger partial charge in [-0.2, -0.15) is 5.10 Å². The lowest BCUT2D eigenvalue weighted by atomic mass is 9.45. The van der Waals surface area contributed by atoms with Crippen molar-refractivity contribution < 1.29 is 9.22 Å². The van der Waals surface area contributed by atoms with E-state index in [1.807, 2.05) is 6.20 Å². The Morgan fingerprint density at radius 1 is 1.21 bits per heavy atom. The third-order valence-electron chi connectivity index (χ3n) is 9.05. The number of hydrogen-bond donors (Lipinski definition) is 2. The highest BCUT2D eigenvalue weighted by molar-refractivity contribution is 5.26. The van der Waals surface area contributed by atoms with Gasteiger partial charge in [0.2, 0.25) is 0 Å². The minimum absolute atomic E-state index is 0.280. The Morgan fingerprint density at radius 2 is 2.04 bits per heavy atom. The summed E-state index contributed by atoms with van der Waals surface area (Å²) in [5, 5.41) is 18.8. The molecule has 5 rings (SSSR count). The van der Waals surface area contributed by atoms with Gasteiger partial charge in [0, 0.05) is 9.81 Å². The molecule has 132 valence electrons. The van der Waals surface area contributed by atoms with Crippen LogP contribution < -0.4 is 0 Å². The maximum atomic E-state index is 11.3. The highest BCUT2D eigenvalue weighted by atomic mass is 16.3. The van der Waals surface area contributed by atoms with Crippen LogP contribution in [-0.4, -0.2) is 20.9 Å². The van der Waals surface area contributed by atoms with E-state index in [4.69, 9.17) is 4.11 Å². The van der Waals surface area contributed by atoms with E-state index < -0.39 is 17.9 Å². The fourth-order valence-corrected chi connectivity index (χ4v) is 7.49. The third-order valence-corrected chi connectivity index (χ3v) is 9.05. The van der Waals surface area contributed by atoms with Crippen molar-refractivity contribution in [3.8, 4) is 0 Å². The van der Waals surface area contributed by atoms with Gasteiger partial charge in [-0.05, 0) is 98.3 Å². The summed E-state index contributed by atoms with van der Waals surface area (Å²) in [6.45, 7) is 2.27. The molecule has 0 unspecified atom stereocenters. The van der Waals surface area contributed by atoms with E-state index in [0.717, 1.165) is 32.1 Å². The van der Waals surface area contributed by atoms with Gasteiger partial charge in [0.25, 0.3) is 0 Å². The number of aliphatic hydroxyl groups is 1. The third kappa shape index (κ3) is 1.75. The van der Waals surface area contributed by atoms with Gasteiger partial charge in [0.05, 0.1) is 11.8 Å². The quantitative estimate of drug-likeness (QED) is 0.702. The van der Waals surface area contributed by atoms with Crippen LogP contribution in [0.5, 0.6) is 0 Å². The first-order valence-corrected chi connectivity index (χ1v) is 9.84. The normalized spacial score (nSPS) is 55.4. The highest BCUT2D eigenvalue weighted by Crippen LogP contribution is 2.67. The van der Waals surface area contributed by atoms with Gasteiger partial charge in [-0.25, -0.2) is 0 Å². The Labute approximate surface area is 149 Å². The van der Waals surface area contributed by atoms with Gasteiger partial charge in [-0.1, -0.05) is 13.8 Å². The molecule has 0 radical (unpaired) electrons. The molecule has 24 heavy (non-hydrogen) atoms. The van der Waals surface area contributed by atoms with E-state index in [0.29, 0.717) is 30.1 Å². The zero-order valence-electron chi connectivity index (χ0n) is 17.9. The lowest BCUT2D eigenvalue weighted by Crippen LogP contribution is -2.56. The number of rotatable bonds is 0. The smallest absolute Gasteiger partial charge is 0.0675 e. The van der Waals surface area contributed by atoms with Crippen LogP contribution >= 0.6 is 0 Å². The first kappa shape index (κ1) is 12.5. The Morgan fingerprint density at radius 3 is 2.88 bits per heavy atom. The molecule has 7 atom stereocenters. The Bertz CT molecular complexity index is 761. The molecule has 2 N–H and O–H groups in total. The summed E-state index contributed by atoms with van der Waals surface area (Å²) in [5.41, 5.74) is 1.000. The monoisotopic (exact) mass is 332 g/mol. The van der Waals surface area contributed by atoms with Crippen molar-refractivity contribution in [2.45, 2.75) is 77.7 Å². The lowest BCUT2D eigenvalue weighted by molar-refractivity contribution is -0.139. The van der Waals surface area contributed by atoms with Crippen molar-refractivity contribution in [1.82, 2.24) is 10.2 Å². The molecule has 1 aromatic rings. The molecule has 3 saturated carbocycles. The fourth-order valence-electron chi connectivity index (χ4n) is 7.49.